The van der Waals surface area contributed by atoms with Gasteiger partial charge in [-0.25, -0.2) is 0 Å². The van der Waals surface area contributed by atoms with Crippen molar-refractivity contribution in [2.24, 2.45) is 23.7 Å². The van der Waals surface area contributed by atoms with E-state index < -0.39 is 0 Å². The summed E-state index contributed by atoms with van der Waals surface area (Å²) in [6.07, 6.45) is 9.15. The normalized spacial score (nSPS) is 40.5. The van der Waals surface area contributed by atoms with E-state index in [4.69, 9.17) is 0 Å². The summed E-state index contributed by atoms with van der Waals surface area (Å²) >= 11 is 0. The van der Waals surface area contributed by atoms with Crippen LogP contribution in [-0.4, -0.2) is 35.7 Å². The highest BCUT2D eigenvalue weighted by atomic mass is 16.3. The molecule has 0 spiro atoms. The molecule has 1 aliphatic carbocycles. The fraction of sp³-hybridized carbons (Fsp3) is 1.00. The first-order valence-corrected chi connectivity index (χ1v) is 9.00. The Morgan fingerprint density at radius 1 is 1.10 bits per heavy atom. The van der Waals surface area contributed by atoms with Gasteiger partial charge in [0, 0.05) is 12.5 Å². The standard InChI is InChI=1S/C18H35NO/c1-4-6-16-7-5-9-19(10-8-16)13-17-15(3)11-14(2)12-18(17)20/h14-18,20H,4-13H2,1-3H3. The maximum Gasteiger partial charge on any atom is 0.0585 e. The topological polar surface area (TPSA) is 23.5 Å². The molecule has 2 aliphatic rings. The summed E-state index contributed by atoms with van der Waals surface area (Å²) in [5.41, 5.74) is 0. The van der Waals surface area contributed by atoms with Crippen LogP contribution in [0.2, 0.25) is 0 Å². The zero-order valence-corrected chi connectivity index (χ0v) is 13.9. The average Bonchev–Trinajstić information content (AvgIpc) is 2.60. The van der Waals surface area contributed by atoms with Gasteiger partial charge in [0.2, 0.25) is 0 Å². The predicted molar refractivity (Wildman–Crippen MR) is 85.7 cm³/mol. The molecule has 118 valence electrons. The van der Waals surface area contributed by atoms with Gasteiger partial charge in [0.15, 0.2) is 0 Å². The van der Waals surface area contributed by atoms with Crippen molar-refractivity contribution in [2.75, 3.05) is 19.6 Å². The molecule has 1 saturated heterocycles. The Kier molecular flexibility index (Phi) is 6.35. The Balaban J connectivity index is 1.83. The van der Waals surface area contributed by atoms with Crippen LogP contribution < -0.4 is 0 Å². The van der Waals surface area contributed by atoms with Crippen LogP contribution in [-0.2, 0) is 0 Å². The highest BCUT2D eigenvalue weighted by Crippen LogP contribution is 2.35. The molecule has 0 radical (unpaired) electrons. The molecule has 1 aliphatic heterocycles. The zero-order chi connectivity index (χ0) is 14.5. The zero-order valence-electron chi connectivity index (χ0n) is 13.9. The lowest BCUT2D eigenvalue weighted by Gasteiger charge is -2.39. The molecule has 0 aromatic heterocycles. The molecule has 2 fully saturated rings. The van der Waals surface area contributed by atoms with Gasteiger partial charge in [-0.2, -0.15) is 0 Å². The van der Waals surface area contributed by atoms with Crippen LogP contribution in [0.4, 0.5) is 0 Å². The molecule has 5 unspecified atom stereocenters. The minimum absolute atomic E-state index is 0.0663. The van der Waals surface area contributed by atoms with Gasteiger partial charge in [-0.05, 0) is 62.9 Å². The lowest BCUT2D eigenvalue weighted by molar-refractivity contribution is -0.00165. The third-order valence-corrected chi connectivity index (χ3v) is 5.75. The van der Waals surface area contributed by atoms with E-state index in [0.29, 0.717) is 17.8 Å². The molecule has 20 heavy (non-hydrogen) atoms. The number of aliphatic hydroxyl groups excluding tert-OH is 1. The monoisotopic (exact) mass is 281 g/mol. The van der Waals surface area contributed by atoms with Gasteiger partial charge >= 0.3 is 0 Å². The molecule has 2 heteroatoms. The first-order chi connectivity index (χ1) is 9.60. The van der Waals surface area contributed by atoms with Gasteiger partial charge in [-0.3, -0.25) is 0 Å². The molecule has 1 saturated carbocycles. The van der Waals surface area contributed by atoms with Crippen molar-refractivity contribution in [2.45, 2.75) is 71.8 Å². The largest absolute Gasteiger partial charge is 0.393 e. The van der Waals surface area contributed by atoms with Crippen molar-refractivity contribution >= 4 is 0 Å². The second kappa shape index (κ2) is 7.79. The first-order valence-electron chi connectivity index (χ1n) is 9.00. The predicted octanol–water partition coefficient (Wildman–Crippen LogP) is 3.93. The smallest absolute Gasteiger partial charge is 0.0585 e. The van der Waals surface area contributed by atoms with E-state index in [0.717, 1.165) is 18.9 Å². The van der Waals surface area contributed by atoms with Crippen LogP contribution in [0.5, 0.6) is 0 Å². The number of nitrogens with zero attached hydrogens (tertiary/aromatic N) is 1. The minimum atomic E-state index is -0.0663. The molecule has 1 N–H and O–H groups in total. The van der Waals surface area contributed by atoms with E-state index in [2.05, 4.69) is 25.7 Å². The number of hydrogen-bond donors (Lipinski definition) is 1. The number of aliphatic hydroxyl groups is 1. The maximum atomic E-state index is 10.4. The van der Waals surface area contributed by atoms with Gasteiger partial charge in [0.1, 0.15) is 0 Å². The fourth-order valence-corrected chi connectivity index (χ4v) is 4.58. The van der Waals surface area contributed by atoms with Crippen molar-refractivity contribution in [1.82, 2.24) is 4.90 Å². The summed E-state index contributed by atoms with van der Waals surface area (Å²) in [6.45, 7) is 10.6. The lowest BCUT2D eigenvalue weighted by atomic mass is 9.73. The van der Waals surface area contributed by atoms with Gasteiger partial charge in [0.05, 0.1) is 6.10 Å². The third kappa shape index (κ3) is 4.46. The van der Waals surface area contributed by atoms with Crippen LogP contribution >= 0.6 is 0 Å². The Morgan fingerprint density at radius 2 is 1.90 bits per heavy atom. The first kappa shape index (κ1) is 16.3. The van der Waals surface area contributed by atoms with Crippen molar-refractivity contribution < 1.29 is 5.11 Å². The van der Waals surface area contributed by atoms with Gasteiger partial charge < -0.3 is 10.0 Å². The Labute approximate surface area is 125 Å². The molecule has 0 aromatic carbocycles. The summed E-state index contributed by atoms with van der Waals surface area (Å²) in [5, 5.41) is 10.4. The maximum absolute atomic E-state index is 10.4. The summed E-state index contributed by atoms with van der Waals surface area (Å²) in [6, 6.07) is 0. The minimum Gasteiger partial charge on any atom is -0.393 e. The van der Waals surface area contributed by atoms with Crippen molar-refractivity contribution in [3.8, 4) is 0 Å². The van der Waals surface area contributed by atoms with E-state index in [1.807, 2.05) is 0 Å². The van der Waals surface area contributed by atoms with E-state index >= 15 is 0 Å². The summed E-state index contributed by atoms with van der Waals surface area (Å²) in [7, 11) is 0. The van der Waals surface area contributed by atoms with Crippen molar-refractivity contribution in [1.29, 1.82) is 0 Å². The Morgan fingerprint density at radius 3 is 2.60 bits per heavy atom. The van der Waals surface area contributed by atoms with Gasteiger partial charge in [-0.1, -0.05) is 33.6 Å². The molecule has 2 rings (SSSR count). The van der Waals surface area contributed by atoms with Crippen LogP contribution in [0, 0.1) is 23.7 Å². The van der Waals surface area contributed by atoms with Crippen molar-refractivity contribution in [3.05, 3.63) is 0 Å². The van der Waals surface area contributed by atoms with Crippen LogP contribution in [0.3, 0.4) is 0 Å². The second-order valence-corrected chi connectivity index (χ2v) is 7.67. The molecule has 5 atom stereocenters. The summed E-state index contributed by atoms with van der Waals surface area (Å²) < 4.78 is 0. The summed E-state index contributed by atoms with van der Waals surface area (Å²) in [4.78, 5) is 2.65. The Hall–Kier alpha value is -0.0800. The summed E-state index contributed by atoms with van der Waals surface area (Å²) in [5.74, 6) is 2.85. The van der Waals surface area contributed by atoms with Crippen LogP contribution in [0.1, 0.15) is 65.7 Å². The fourth-order valence-electron chi connectivity index (χ4n) is 4.58. The van der Waals surface area contributed by atoms with E-state index in [1.54, 1.807) is 0 Å². The van der Waals surface area contributed by atoms with E-state index in [9.17, 15) is 5.11 Å². The molecule has 1 heterocycles. The quantitative estimate of drug-likeness (QED) is 0.844. The average molecular weight is 281 g/mol. The molecule has 0 aromatic rings. The third-order valence-electron chi connectivity index (χ3n) is 5.75. The van der Waals surface area contributed by atoms with E-state index in [-0.39, 0.29) is 6.10 Å². The molecule has 0 bridgehead atoms. The molecule has 0 amide bonds. The van der Waals surface area contributed by atoms with Crippen LogP contribution in [0.15, 0.2) is 0 Å². The van der Waals surface area contributed by atoms with Crippen LogP contribution in [0.25, 0.3) is 0 Å². The number of rotatable bonds is 4. The molecule has 2 nitrogen and oxygen atoms in total. The molecular weight excluding hydrogens is 246 g/mol. The van der Waals surface area contributed by atoms with Gasteiger partial charge in [-0.15, -0.1) is 0 Å². The number of hydrogen-bond acceptors (Lipinski definition) is 2. The van der Waals surface area contributed by atoms with E-state index in [1.165, 1.54) is 51.6 Å². The Bertz CT molecular complexity index is 269. The number of likely N-dealkylation sites (tertiary alicyclic amines) is 1. The SMILES string of the molecule is CCCC1CCCN(CC2C(C)CC(C)CC2O)CC1. The second-order valence-electron chi connectivity index (χ2n) is 7.67. The molecular formula is C18H35NO. The van der Waals surface area contributed by atoms with Crippen molar-refractivity contribution in [3.63, 3.8) is 0 Å². The highest BCUT2D eigenvalue weighted by Gasteiger charge is 2.34. The lowest BCUT2D eigenvalue weighted by Crippen LogP contribution is -2.42. The highest BCUT2D eigenvalue weighted by molar-refractivity contribution is 4.85. The van der Waals surface area contributed by atoms with Gasteiger partial charge in [0.25, 0.3) is 0 Å².